The zero-order valence-electron chi connectivity index (χ0n) is 15.0. The highest BCUT2D eigenvalue weighted by molar-refractivity contribution is 5.79. The van der Waals surface area contributed by atoms with E-state index in [0.717, 1.165) is 5.56 Å². The molecule has 0 amide bonds. The van der Waals surface area contributed by atoms with Crippen molar-refractivity contribution in [2.24, 2.45) is 16.0 Å². The topological polar surface area (TPSA) is 142 Å². The van der Waals surface area contributed by atoms with Gasteiger partial charge < -0.3 is 21.9 Å². The number of nitrogens with two attached hydrogens (primary N) is 3. The smallest absolute Gasteiger partial charge is 0.328 e. The summed E-state index contributed by atoms with van der Waals surface area (Å²) in [4.78, 5) is 16.3. The van der Waals surface area contributed by atoms with Gasteiger partial charge in [-0.1, -0.05) is 42.5 Å². The predicted molar refractivity (Wildman–Crippen MR) is 107 cm³/mol. The molecule has 28 heavy (non-hydrogen) atoms. The van der Waals surface area contributed by atoms with Gasteiger partial charge in [0.05, 0.1) is 0 Å². The third kappa shape index (κ3) is 4.89. The van der Waals surface area contributed by atoms with Crippen molar-refractivity contribution < 1.29 is 9.53 Å². The molecule has 0 aliphatic carbocycles. The molecular weight excluding hydrogens is 356 g/mol. The number of carbonyl (C=O) groups is 1. The fourth-order valence-corrected chi connectivity index (χ4v) is 2.44. The van der Waals surface area contributed by atoms with Gasteiger partial charge in [-0.15, -0.1) is 10.2 Å². The van der Waals surface area contributed by atoms with Crippen molar-refractivity contribution in [2.45, 2.75) is 12.5 Å². The number of pyridine rings is 1. The van der Waals surface area contributed by atoms with Gasteiger partial charge in [-0.3, -0.25) is 0 Å². The minimum absolute atomic E-state index is 0.156. The molecule has 3 rings (SSSR count). The van der Waals surface area contributed by atoms with Crippen LogP contribution in [0.25, 0.3) is 0 Å². The summed E-state index contributed by atoms with van der Waals surface area (Å²) in [6, 6.07) is 18.6. The number of hydrogen-bond acceptors (Lipinski definition) is 8. The first-order chi connectivity index (χ1) is 13.5. The van der Waals surface area contributed by atoms with Crippen LogP contribution >= 0.6 is 0 Å². The summed E-state index contributed by atoms with van der Waals surface area (Å²) in [6.07, 6.45) is 0.372. The predicted octanol–water partition coefficient (Wildman–Crippen LogP) is 3.14. The number of nitrogen functional groups attached to an aromatic ring is 2. The zero-order chi connectivity index (χ0) is 19.9. The number of hydrogen-bond donors (Lipinski definition) is 3. The number of nitrogens with zero attached hydrogens (tertiary/aromatic N) is 3. The highest BCUT2D eigenvalue weighted by Crippen LogP contribution is 2.30. The molecule has 1 atom stereocenters. The Bertz CT molecular complexity index is 991. The lowest BCUT2D eigenvalue weighted by Crippen LogP contribution is -2.36. The van der Waals surface area contributed by atoms with Gasteiger partial charge in [-0.2, -0.15) is 0 Å². The van der Waals surface area contributed by atoms with Gasteiger partial charge in [0.1, 0.15) is 23.2 Å². The largest absolute Gasteiger partial charge is 0.423 e. The van der Waals surface area contributed by atoms with E-state index in [0.29, 0.717) is 17.8 Å². The maximum absolute atomic E-state index is 12.4. The van der Waals surface area contributed by atoms with Gasteiger partial charge >= 0.3 is 5.97 Å². The summed E-state index contributed by atoms with van der Waals surface area (Å²) in [5.74, 6) is 0.142. The average molecular weight is 376 g/mol. The Morgan fingerprint density at radius 1 is 0.929 bits per heavy atom. The van der Waals surface area contributed by atoms with Crippen LogP contribution in [-0.2, 0) is 11.2 Å². The first-order valence-electron chi connectivity index (χ1n) is 8.57. The number of carbonyl (C=O) groups excluding carboxylic acids is 1. The van der Waals surface area contributed by atoms with E-state index in [-0.39, 0.29) is 17.4 Å². The van der Waals surface area contributed by atoms with Crippen LogP contribution in [0.5, 0.6) is 5.75 Å². The summed E-state index contributed by atoms with van der Waals surface area (Å²) in [5, 5.41) is 8.17. The lowest BCUT2D eigenvalue weighted by atomic mass is 10.1. The number of aromatic nitrogens is 1. The van der Waals surface area contributed by atoms with Crippen molar-refractivity contribution >= 4 is 29.0 Å². The van der Waals surface area contributed by atoms with Crippen molar-refractivity contribution in [1.82, 2.24) is 4.98 Å². The quantitative estimate of drug-likeness (QED) is 0.343. The van der Waals surface area contributed by atoms with E-state index in [4.69, 9.17) is 21.9 Å². The highest BCUT2D eigenvalue weighted by Gasteiger charge is 2.18. The number of anilines is 2. The molecule has 0 bridgehead atoms. The fraction of sp³-hybridized carbons (Fsp3) is 0.100. The Morgan fingerprint density at radius 3 is 2.36 bits per heavy atom. The number of para-hydroxylation sites is 1. The second kappa shape index (κ2) is 8.74. The Morgan fingerprint density at radius 2 is 1.61 bits per heavy atom. The van der Waals surface area contributed by atoms with Crippen LogP contribution < -0.4 is 21.9 Å². The number of benzene rings is 2. The summed E-state index contributed by atoms with van der Waals surface area (Å²) in [5.41, 5.74) is 19.0. The molecule has 0 fully saturated rings. The van der Waals surface area contributed by atoms with Gasteiger partial charge in [0.15, 0.2) is 11.6 Å². The van der Waals surface area contributed by atoms with Gasteiger partial charge in [-0.25, -0.2) is 9.78 Å². The molecule has 0 saturated carbocycles. The number of ether oxygens (including phenoxy) is 1. The third-order valence-electron chi connectivity index (χ3n) is 3.87. The summed E-state index contributed by atoms with van der Waals surface area (Å²) in [7, 11) is 0. The van der Waals surface area contributed by atoms with E-state index >= 15 is 0 Å². The first kappa shape index (κ1) is 19.0. The molecule has 0 radical (unpaired) electrons. The molecule has 3 aromatic rings. The fourth-order valence-electron chi connectivity index (χ4n) is 2.44. The molecule has 0 unspecified atom stereocenters. The molecule has 6 N–H and O–H groups in total. The van der Waals surface area contributed by atoms with Crippen LogP contribution in [0.4, 0.5) is 23.0 Å². The van der Waals surface area contributed by atoms with E-state index in [1.807, 2.05) is 30.3 Å². The molecule has 0 aliphatic rings. The van der Waals surface area contributed by atoms with Crippen molar-refractivity contribution in [2.75, 3.05) is 11.5 Å². The minimum atomic E-state index is -0.802. The molecule has 1 aromatic heterocycles. The standard InChI is InChI=1S/C20H20N6O2/c21-14(12-13-6-2-1-3-7-13)20(27)28-17-9-5-4-8-15(17)25-26-16-10-11-18(22)24-19(16)23/h1-11,14H,12,21H2,(H4,22,23,24)/t14-/m0/s1. The summed E-state index contributed by atoms with van der Waals surface area (Å²) >= 11 is 0. The lowest BCUT2D eigenvalue weighted by Gasteiger charge is -2.12. The highest BCUT2D eigenvalue weighted by atomic mass is 16.5. The second-order valence-corrected chi connectivity index (χ2v) is 6.03. The van der Waals surface area contributed by atoms with Crippen LogP contribution in [0.15, 0.2) is 77.0 Å². The number of esters is 1. The Balaban J connectivity index is 1.73. The van der Waals surface area contributed by atoms with Gasteiger partial charge in [0.25, 0.3) is 0 Å². The zero-order valence-corrected chi connectivity index (χ0v) is 15.0. The maximum Gasteiger partial charge on any atom is 0.328 e. The molecule has 8 nitrogen and oxygen atoms in total. The maximum atomic E-state index is 12.4. The molecule has 8 heteroatoms. The Hall–Kier alpha value is -3.78. The Labute approximate surface area is 162 Å². The summed E-state index contributed by atoms with van der Waals surface area (Å²) in [6.45, 7) is 0. The average Bonchev–Trinajstić information content (AvgIpc) is 2.69. The van der Waals surface area contributed by atoms with Crippen LogP contribution in [-0.4, -0.2) is 17.0 Å². The van der Waals surface area contributed by atoms with E-state index in [9.17, 15) is 4.79 Å². The van der Waals surface area contributed by atoms with E-state index in [1.54, 1.807) is 36.4 Å². The molecule has 2 aromatic carbocycles. The van der Waals surface area contributed by atoms with E-state index < -0.39 is 12.0 Å². The minimum Gasteiger partial charge on any atom is -0.423 e. The third-order valence-corrected chi connectivity index (χ3v) is 3.87. The van der Waals surface area contributed by atoms with Crippen molar-refractivity contribution in [3.8, 4) is 5.75 Å². The van der Waals surface area contributed by atoms with Crippen molar-refractivity contribution in [1.29, 1.82) is 0 Å². The Kier molecular flexibility index (Phi) is 5.93. The van der Waals surface area contributed by atoms with Crippen LogP contribution in [0.2, 0.25) is 0 Å². The van der Waals surface area contributed by atoms with Crippen LogP contribution in [0, 0.1) is 0 Å². The van der Waals surface area contributed by atoms with E-state index in [2.05, 4.69) is 15.2 Å². The van der Waals surface area contributed by atoms with Gasteiger partial charge in [0.2, 0.25) is 0 Å². The molecule has 1 heterocycles. The summed E-state index contributed by atoms with van der Waals surface area (Å²) < 4.78 is 5.43. The first-order valence-corrected chi connectivity index (χ1v) is 8.57. The monoisotopic (exact) mass is 376 g/mol. The van der Waals surface area contributed by atoms with Gasteiger partial charge in [0, 0.05) is 0 Å². The van der Waals surface area contributed by atoms with Crippen LogP contribution in [0.1, 0.15) is 5.56 Å². The number of rotatable bonds is 6. The normalized spacial score (nSPS) is 12.0. The second-order valence-electron chi connectivity index (χ2n) is 6.03. The molecular formula is C20H20N6O2. The van der Waals surface area contributed by atoms with Crippen molar-refractivity contribution in [3.63, 3.8) is 0 Å². The lowest BCUT2D eigenvalue weighted by molar-refractivity contribution is -0.135. The molecule has 0 spiro atoms. The van der Waals surface area contributed by atoms with Gasteiger partial charge in [-0.05, 0) is 36.2 Å². The number of azo groups is 1. The molecule has 142 valence electrons. The molecule has 0 aliphatic heterocycles. The SMILES string of the molecule is Nc1ccc(N=Nc2ccccc2OC(=O)[C@@H](N)Cc2ccccc2)c(N)n1. The molecule has 0 saturated heterocycles. The van der Waals surface area contributed by atoms with E-state index in [1.165, 1.54) is 0 Å². The van der Waals surface area contributed by atoms with Crippen molar-refractivity contribution in [3.05, 3.63) is 72.3 Å². The van der Waals surface area contributed by atoms with Crippen LogP contribution in [0.3, 0.4) is 0 Å².